The van der Waals surface area contributed by atoms with Gasteiger partial charge in [-0.25, -0.2) is 13.1 Å². The number of nitrogens with one attached hydrogen (secondary N) is 1. The molecule has 0 spiro atoms. The first kappa shape index (κ1) is 37.7. The summed E-state index contributed by atoms with van der Waals surface area (Å²) in [7, 11) is -3.49. The Morgan fingerprint density at radius 1 is 0.580 bits per heavy atom. The minimum absolute atomic E-state index is 0. The lowest BCUT2D eigenvalue weighted by molar-refractivity contribution is 0.579. The largest absolute Gasteiger partial charge is 0.341 e. The first-order valence-corrected chi connectivity index (χ1v) is 19.1. The Labute approximate surface area is 312 Å². The SMILES string of the molecule is Cl.NCCCN1c2ccccc2CCc2ccc(Cl)cc21.O=S(=O)(NCCCN1c2ccccc2CCc2ccc(Cl)cc21)c1ccccc1. The first-order valence-electron chi connectivity index (χ1n) is 16.9. The van der Waals surface area contributed by atoms with Crippen molar-refractivity contribution in [1.82, 2.24) is 4.72 Å². The molecule has 0 atom stereocenters. The Bertz CT molecular complexity index is 1990. The minimum atomic E-state index is -3.49. The van der Waals surface area contributed by atoms with Crippen LogP contribution in [0.4, 0.5) is 22.7 Å². The molecule has 2 aliphatic rings. The van der Waals surface area contributed by atoms with E-state index in [-0.39, 0.29) is 17.3 Å². The number of para-hydroxylation sites is 2. The molecule has 2 heterocycles. The lowest BCUT2D eigenvalue weighted by Gasteiger charge is -2.27. The number of rotatable bonds is 9. The van der Waals surface area contributed by atoms with E-state index in [0.29, 0.717) is 31.1 Å². The second-order valence-electron chi connectivity index (χ2n) is 12.3. The number of hydrogen-bond acceptors (Lipinski definition) is 5. The molecule has 0 aliphatic carbocycles. The third-order valence-corrected chi connectivity index (χ3v) is 11.0. The third kappa shape index (κ3) is 9.02. The van der Waals surface area contributed by atoms with Crippen molar-refractivity contribution in [1.29, 1.82) is 0 Å². The molecule has 2 aliphatic heterocycles. The van der Waals surface area contributed by atoms with Gasteiger partial charge >= 0.3 is 0 Å². The van der Waals surface area contributed by atoms with Crippen LogP contribution in [0.5, 0.6) is 0 Å². The maximum atomic E-state index is 12.4. The average Bonchev–Trinajstić information content (AvgIpc) is 3.37. The number of hydrogen-bond donors (Lipinski definition) is 2. The minimum Gasteiger partial charge on any atom is -0.341 e. The molecule has 7 rings (SSSR count). The number of nitrogens with zero attached hydrogens (tertiary/aromatic N) is 2. The number of aryl methyl sites for hydroxylation is 4. The van der Waals surface area contributed by atoms with Crippen LogP contribution in [-0.2, 0) is 35.7 Å². The van der Waals surface area contributed by atoms with E-state index in [1.54, 1.807) is 30.3 Å². The van der Waals surface area contributed by atoms with Gasteiger partial charge in [-0.05, 0) is 116 Å². The molecule has 0 bridgehead atoms. The molecule has 0 saturated heterocycles. The highest BCUT2D eigenvalue weighted by molar-refractivity contribution is 7.89. The van der Waals surface area contributed by atoms with E-state index >= 15 is 0 Å². The summed E-state index contributed by atoms with van der Waals surface area (Å²) < 4.78 is 27.6. The van der Waals surface area contributed by atoms with Crippen molar-refractivity contribution in [3.05, 3.63) is 148 Å². The molecule has 0 aromatic heterocycles. The first-order chi connectivity index (χ1) is 23.8. The smallest absolute Gasteiger partial charge is 0.240 e. The molecule has 0 amide bonds. The van der Waals surface area contributed by atoms with Crippen molar-refractivity contribution in [2.75, 3.05) is 36.0 Å². The highest BCUT2D eigenvalue weighted by Crippen LogP contribution is 2.38. The quantitative estimate of drug-likeness (QED) is 0.147. The summed E-state index contributed by atoms with van der Waals surface area (Å²) in [6.45, 7) is 2.70. The van der Waals surface area contributed by atoms with Gasteiger partial charge in [0.15, 0.2) is 0 Å². The molecule has 5 aromatic carbocycles. The van der Waals surface area contributed by atoms with Gasteiger partial charge < -0.3 is 15.5 Å². The van der Waals surface area contributed by atoms with Crippen molar-refractivity contribution in [3.8, 4) is 0 Å². The highest BCUT2D eigenvalue weighted by atomic mass is 35.5. The Balaban J connectivity index is 0.000000203. The molecule has 0 radical (unpaired) electrons. The van der Waals surface area contributed by atoms with E-state index in [0.717, 1.165) is 49.4 Å². The molecule has 262 valence electrons. The zero-order valence-corrected chi connectivity index (χ0v) is 31.0. The van der Waals surface area contributed by atoms with Crippen molar-refractivity contribution in [3.63, 3.8) is 0 Å². The fourth-order valence-corrected chi connectivity index (χ4v) is 8.05. The number of sulfonamides is 1. The number of halogens is 3. The number of benzene rings is 5. The second kappa shape index (κ2) is 17.6. The summed E-state index contributed by atoms with van der Waals surface area (Å²) in [4.78, 5) is 4.92. The van der Waals surface area contributed by atoms with Crippen molar-refractivity contribution in [2.45, 2.75) is 43.4 Å². The molecular weight excluding hydrogens is 707 g/mol. The van der Waals surface area contributed by atoms with Gasteiger partial charge in [0.1, 0.15) is 0 Å². The van der Waals surface area contributed by atoms with Gasteiger partial charge in [0.2, 0.25) is 10.0 Å². The Morgan fingerprint density at radius 3 is 1.52 bits per heavy atom. The molecule has 10 heteroatoms. The van der Waals surface area contributed by atoms with Crippen molar-refractivity contribution >= 4 is 68.4 Å². The van der Waals surface area contributed by atoms with Gasteiger partial charge in [-0.15, -0.1) is 12.4 Å². The Morgan fingerprint density at radius 2 is 1.02 bits per heavy atom. The van der Waals surface area contributed by atoms with Crippen LogP contribution in [-0.4, -0.2) is 34.6 Å². The van der Waals surface area contributed by atoms with Crippen LogP contribution in [0.2, 0.25) is 10.0 Å². The van der Waals surface area contributed by atoms with Gasteiger partial charge in [-0.3, -0.25) is 0 Å². The lowest BCUT2D eigenvalue weighted by Crippen LogP contribution is -2.28. The summed E-state index contributed by atoms with van der Waals surface area (Å²) >= 11 is 12.5. The molecule has 5 aromatic rings. The molecule has 6 nitrogen and oxygen atoms in total. The molecule has 0 unspecified atom stereocenters. The van der Waals surface area contributed by atoms with E-state index in [4.69, 9.17) is 28.9 Å². The van der Waals surface area contributed by atoms with Crippen molar-refractivity contribution < 1.29 is 8.42 Å². The van der Waals surface area contributed by atoms with Crippen LogP contribution in [0.25, 0.3) is 0 Å². The van der Waals surface area contributed by atoms with Crippen LogP contribution < -0.4 is 20.3 Å². The van der Waals surface area contributed by atoms with Gasteiger partial charge in [0.25, 0.3) is 0 Å². The molecule has 0 saturated carbocycles. The topological polar surface area (TPSA) is 78.7 Å². The van der Waals surface area contributed by atoms with Crippen LogP contribution in [0.15, 0.2) is 120 Å². The summed E-state index contributed by atoms with van der Waals surface area (Å²) in [5.41, 5.74) is 15.8. The maximum absolute atomic E-state index is 12.4. The summed E-state index contributed by atoms with van der Waals surface area (Å²) in [5.74, 6) is 0. The zero-order valence-electron chi connectivity index (χ0n) is 27.9. The second-order valence-corrected chi connectivity index (χ2v) is 15.0. The van der Waals surface area contributed by atoms with E-state index < -0.39 is 10.0 Å². The van der Waals surface area contributed by atoms with E-state index in [1.807, 2.05) is 24.3 Å². The van der Waals surface area contributed by atoms with Crippen LogP contribution >= 0.6 is 35.6 Å². The number of nitrogens with two attached hydrogens (primary N) is 1. The number of fused-ring (bicyclic) bond motifs is 4. The Kier molecular flexibility index (Phi) is 13.3. The van der Waals surface area contributed by atoms with E-state index in [9.17, 15) is 8.42 Å². The zero-order chi connectivity index (χ0) is 34.2. The van der Waals surface area contributed by atoms with Crippen LogP contribution in [0.3, 0.4) is 0 Å². The standard InChI is InChI=1S/C23H23ClN2O2S.C17H19ClN2.ClH/c24-20-14-13-19-12-11-18-7-4-5-10-22(18)26(23(19)17-20)16-6-15-25-29(27,28)21-8-2-1-3-9-21;18-15-9-8-14-7-6-13-4-1-2-5-16(13)20(11-3-10-19)17(14)12-15;/h1-5,7-10,13-14,17,25H,6,11-12,15-16H2;1-2,4-5,8-9,12H,3,6-7,10-11,19H2;1H. The molecule has 50 heavy (non-hydrogen) atoms. The fourth-order valence-electron chi connectivity index (χ4n) is 6.63. The Hall–Kier alpha value is -3.56. The fraction of sp³-hybridized carbons (Fsp3) is 0.250. The lowest BCUT2D eigenvalue weighted by atomic mass is 10.0. The number of anilines is 4. The maximum Gasteiger partial charge on any atom is 0.240 e. The van der Waals surface area contributed by atoms with E-state index in [1.165, 1.54) is 39.3 Å². The summed E-state index contributed by atoms with van der Waals surface area (Å²) in [6, 6.07) is 37.7. The predicted octanol–water partition coefficient (Wildman–Crippen LogP) is 9.29. The van der Waals surface area contributed by atoms with Gasteiger partial charge in [0.05, 0.1) is 4.90 Å². The van der Waals surface area contributed by atoms with Gasteiger partial charge in [-0.1, -0.05) is 89.9 Å². The highest BCUT2D eigenvalue weighted by Gasteiger charge is 2.22. The molecule has 3 N–H and O–H groups in total. The average molecular weight is 750 g/mol. The van der Waals surface area contributed by atoms with Gasteiger partial charge in [-0.2, -0.15) is 0 Å². The third-order valence-electron chi connectivity index (χ3n) is 9.06. The summed E-state index contributed by atoms with van der Waals surface area (Å²) in [6.07, 6.45) is 5.71. The van der Waals surface area contributed by atoms with Crippen LogP contribution in [0.1, 0.15) is 35.1 Å². The van der Waals surface area contributed by atoms with Crippen LogP contribution in [0, 0.1) is 0 Å². The monoisotopic (exact) mass is 748 g/mol. The van der Waals surface area contributed by atoms with E-state index in [2.05, 4.69) is 75.2 Å². The molecular formula is C40H43Cl3N4O2S. The van der Waals surface area contributed by atoms with Crippen molar-refractivity contribution in [2.24, 2.45) is 5.73 Å². The molecule has 0 fully saturated rings. The summed E-state index contributed by atoms with van der Waals surface area (Å²) in [5, 5.41) is 1.50. The van der Waals surface area contributed by atoms with Gasteiger partial charge in [0, 0.05) is 52.4 Å². The normalized spacial score (nSPS) is 13.3. The predicted molar refractivity (Wildman–Crippen MR) is 212 cm³/mol.